The number of allylic oxidation sites excluding steroid dienone is 6. The molecule has 0 heterocycles. The number of rotatable bonds is 54. The van der Waals surface area contributed by atoms with Crippen molar-refractivity contribution < 1.29 is 24.5 Å². The highest BCUT2D eigenvalue weighted by atomic mass is 16.5. The van der Waals surface area contributed by atoms with Crippen LogP contribution >= 0.6 is 0 Å². The molecule has 0 aromatic rings. The fraction of sp³-hybridized carbons (Fsp3) is 0.869. The summed E-state index contributed by atoms with van der Waals surface area (Å²) in [5.41, 5.74) is 0. The third-order valence-electron chi connectivity index (χ3n) is 13.7. The second-order valence-electron chi connectivity index (χ2n) is 20.4. The van der Waals surface area contributed by atoms with Gasteiger partial charge in [0.05, 0.1) is 25.2 Å². The normalized spacial score (nSPS) is 13.3. The fourth-order valence-electron chi connectivity index (χ4n) is 9.20. The van der Waals surface area contributed by atoms with E-state index < -0.39 is 18.2 Å². The number of hydrogen-bond acceptors (Lipinski definition) is 5. The van der Waals surface area contributed by atoms with Gasteiger partial charge in [0.15, 0.2) is 0 Å². The highest BCUT2D eigenvalue weighted by molar-refractivity contribution is 5.77. The molecule has 67 heavy (non-hydrogen) atoms. The van der Waals surface area contributed by atoms with E-state index in [1.807, 2.05) is 0 Å². The summed E-state index contributed by atoms with van der Waals surface area (Å²) in [5, 5.41) is 23.9. The standard InChI is InChI=1S/C61H115NO5/c1-4-7-10-13-16-19-22-25-27-29-30-31-33-36-39-42-45-48-51-54-61(66)67-57(52-49-46-43-40-37-35-32-28-26-23-20-17-14-11-8-5-2)55-60(65)62-58(56-63)59(64)53-50-47-44-41-38-34-24-21-18-15-12-9-6-3/h16,19,25,27,30-31,57-59,63-64H,4-15,17-18,20-24,26,28-29,32-56H2,1-3H3,(H,62,65)/b19-16-,27-25-,31-30-. The fourth-order valence-corrected chi connectivity index (χ4v) is 9.20. The van der Waals surface area contributed by atoms with Gasteiger partial charge in [-0.2, -0.15) is 0 Å². The van der Waals surface area contributed by atoms with Crippen molar-refractivity contribution in [1.82, 2.24) is 5.32 Å². The number of carbonyl (C=O) groups excluding carboxylic acids is 2. The molecule has 3 unspecified atom stereocenters. The van der Waals surface area contributed by atoms with Crippen molar-refractivity contribution in [3.63, 3.8) is 0 Å². The quantitative estimate of drug-likeness (QED) is 0.0321. The first-order valence-corrected chi connectivity index (χ1v) is 29.7. The molecule has 0 spiro atoms. The highest BCUT2D eigenvalue weighted by Gasteiger charge is 2.24. The minimum atomic E-state index is -0.788. The summed E-state index contributed by atoms with van der Waals surface area (Å²) in [5.74, 6) is -0.470. The number of ether oxygens (including phenoxy) is 1. The van der Waals surface area contributed by atoms with Crippen molar-refractivity contribution >= 4 is 11.9 Å². The minimum Gasteiger partial charge on any atom is -0.462 e. The van der Waals surface area contributed by atoms with Gasteiger partial charge in [-0.15, -0.1) is 0 Å². The predicted octanol–water partition coefficient (Wildman–Crippen LogP) is 18.4. The van der Waals surface area contributed by atoms with E-state index >= 15 is 0 Å². The van der Waals surface area contributed by atoms with Gasteiger partial charge in [0.25, 0.3) is 0 Å². The Kier molecular flexibility index (Phi) is 53.4. The molecule has 0 saturated heterocycles. The Morgan fingerprint density at radius 2 is 0.761 bits per heavy atom. The van der Waals surface area contributed by atoms with Crippen molar-refractivity contribution in [2.75, 3.05) is 6.61 Å². The lowest BCUT2D eigenvalue weighted by Gasteiger charge is -2.24. The Morgan fingerprint density at radius 1 is 0.433 bits per heavy atom. The second-order valence-corrected chi connectivity index (χ2v) is 20.4. The molecule has 3 atom stereocenters. The molecule has 0 aromatic heterocycles. The summed E-state index contributed by atoms with van der Waals surface area (Å²) in [6.07, 6.45) is 66.3. The Balaban J connectivity index is 4.55. The average molecular weight is 943 g/mol. The maximum atomic E-state index is 13.3. The van der Waals surface area contributed by atoms with Crippen LogP contribution in [0.3, 0.4) is 0 Å². The number of amides is 1. The van der Waals surface area contributed by atoms with Crippen LogP contribution in [0.4, 0.5) is 0 Å². The van der Waals surface area contributed by atoms with Crippen molar-refractivity contribution in [2.45, 2.75) is 334 Å². The Bertz CT molecular complexity index is 1100. The molecular weight excluding hydrogens is 827 g/mol. The number of nitrogens with one attached hydrogen (secondary N) is 1. The van der Waals surface area contributed by atoms with Gasteiger partial charge in [-0.1, -0.05) is 276 Å². The number of aliphatic hydroxyl groups is 2. The van der Waals surface area contributed by atoms with Crippen LogP contribution in [0, 0.1) is 0 Å². The third kappa shape index (κ3) is 50.3. The van der Waals surface area contributed by atoms with Crippen molar-refractivity contribution in [1.29, 1.82) is 0 Å². The molecule has 3 N–H and O–H groups in total. The van der Waals surface area contributed by atoms with E-state index in [2.05, 4.69) is 62.5 Å². The number of aliphatic hydroxyl groups excluding tert-OH is 2. The van der Waals surface area contributed by atoms with Gasteiger partial charge in [0, 0.05) is 6.42 Å². The topological polar surface area (TPSA) is 95.9 Å². The Labute approximate surface area is 417 Å². The summed E-state index contributed by atoms with van der Waals surface area (Å²) in [6, 6.07) is -0.702. The van der Waals surface area contributed by atoms with Gasteiger partial charge < -0.3 is 20.3 Å². The number of unbranched alkanes of at least 4 members (excludes halogenated alkanes) is 36. The van der Waals surface area contributed by atoms with Crippen LogP contribution in [-0.4, -0.2) is 46.9 Å². The molecule has 6 nitrogen and oxygen atoms in total. The second kappa shape index (κ2) is 55.0. The number of hydrogen-bond donors (Lipinski definition) is 3. The number of esters is 1. The molecule has 0 saturated carbocycles. The van der Waals surface area contributed by atoms with Crippen LogP contribution in [0.25, 0.3) is 0 Å². The summed E-state index contributed by atoms with van der Waals surface area (Å²) < 4.78 is 5.97. The maximum absolute atomic E-state index is 13.3. The molecule has 394 valence electrons. The van der Waals surface area contributed by atoms with E-state index in [-0.39, 0.29) is 24.9 Å². The van der Waals surface area contributed by atoms with Crippen LogP contribution in [0.15, 0.2) is 36.5 Å². The average Bonchev–Trinajstić information content (AvgIpc) is 3.32. The molecule has 0 bridgehead atoms. The zero-order valence-electron chi connectivity index (χ0n) is 45.0. The van der Waals surface area contributed by atoms with Gasteiger partial charge in [-0.3, -0.25) is 9.59 Å². The zero-order chi connectivity index (χ0) is 48.8. The van der Waals surface area contributed by atoms with E-state index in [1.165, 1.54) is 205 Å². The van der Waals surface area contributed by atoms with Gasteiger partial charge in [-0.25, -0.2) is 0 Å². The van der Waals surface area contributed by atoms with Crippen molar-refractivity contribution in [3.05, 3.63) is 36.5 Å². The van der Waals surface area contributed by atoms with E-state index in [0.29, 0.717) is 19.3 Å². The molecule has 0 fully saturated rings. The molecule has 0 aromatic carbocycles. The van der Waals surface area contributed by atoms with E-state index in [0.717, 1.165) is 64.2 Å². The van der Waals surface area contributed by atoms with Crippen LogP contribution in [-0.2, 0) is 14.3 Å². The van der Waals surface area contributed by atoms with Crippen molar-refractivity contribution in [2.24, 2.45) is 0 Å². The van der Waals surface area contributed by atoms with Crippen LogP contribution in [0.5, 0.6) is 0 Å². The monoisotopic (exact) mass is 942 g/mol. The van der Waals surface area contributed by atoms with Gasteiger partial charge in [-0.05, 0) is 64.2 Å². The first-order valence-electron chi connectivity index (χ1n) is 29.7. The summed E-state index contributed by atoms with van der Waals surface area (Å²) in [7, 11) is 0. The van der Waals surface area contributed by atoms with Crippen LogP contribution < -0.4 is 5.32 Å². The van der Waals surface area contributed by atoms with Gasteiger partial charge in [0.2, 0.25) is 5.91 Å². The van der Waals surface area contributed by atoms with Crippen molar-refractivity contribution in [3.8, 4) is 0 Å². The summed E-state index contributed by atoms with van der Waals surface area (Å²) in [4.78, 5) is 26.3. The maximum Gasteiger partial charge on any atom is 0.306 e. The first kappa shape index (κ1) is 65.1. The lowest BCUT2D eigenvalue weighted by molar-refractivity contribution is -0.151. The molecule has 0 aliphatic heterocycles. The van der Waals surface area contributed by atoms with Crippen LogP contribution in [0.1, 0.15) is 316 Å². The van der Waals surface area contributed by atoms with E-state index in [1.54, 1.807) is 0 Å². The van der Waals surface area contributed by atoms with Gasteiger partial charge >= 0.3 is 5.97 Å². The Morgan fingerprint density at radius 3 is 1.18 bits per heavy atom. The lowest BCUT2D eigenvalue weighted by atomic mass is 10.0. The number of carbonyl (C=O) groups is 2. The van der Waals surface area contributed by atoms with E-state index in [9.17, 15) is 19.8 Å². The molecule has 0 rings (SSSR count). The smallest absolute Gasteiger partial charge is 0.306 e. The highest BCUT2D eigenvalue weighted by Crippen LogP contribution is 2.19. The molecule has 0 aliphatic carbocycles. The largest absolute Gasteiger partial charge is 0.462 e. The third-order valence-corrected chi connectivity index (χ3v) is 13.7. The predicted molar refractivity (Wildman–Crippen MR) is 292 cm³/mol. The molecule has 1 amide bonds. The minimum absolute atomic E-state index is 0.0771. The van der Waals surface area contributed by atoms with Crippen LogP contribution in [0.2, 0.25) is 0 Å². The molecule has 0 aliphatic rings. The molecule has 6 heteroatoms. The zero-order valence-corrected chi connectivity index (χ0v) is 45.0. The van der Waals surface area contributed by atoms with Gasteiger partial charge in [0.1, 0.15) is 6.10 Å². The van der Waals surface area contributed by atoms with E-state index in [4.69, 9.17) is 4.74 Å². The Hall–Kier alpha value is -1.92. The summed E-state index contributed by atoms with van der Waals surface area (Å²) in [6.45, 7) is 6.49. The first-order chi connectivity index (χ1) is 33.0. The molecular formula is C61H115NO5. The SMILES string of the molecule is CCCCC/C=C\C/C=C\C/C=C\CCCCCCCCC(=O)OC(CCCCCCCCCCCCCCCCCC)CC(=O)NC(CO)C(O)CCCCCCCCCCCCCCC. The molecule has 0 radical (unpaired) electrons. The summed E-state index contributed by atoms with van der Waals surface area (Å²) >= 11 is 0. The lowest BCUT2D eigenvalue weighted by Crippen LogP contribution is -2.46.